The van der Waals surface area contributed by atoms with E-state index < -0.39 is 20.4 Å². The molecule has 1 rings (SSSR count). The van der Waals surface area contributed by atoms with E-state index in [0.717, 1.165) is 0 Å². The highest BCUT2D eigenvalue weighted by Gasteiger charge is 2.32. The van der Waals surface area contributed by atoms with E-state index in [0.29, 0.717) is 12.2 Å². The van der Waals surface area contributed by atoms with Crippen molar-refractivity contribution >= 4 is 8.74 Å². The molecule has 0 aliphatic carbocycles. The van der Waals surface area contributed by atoms with Gasteiger partial charge < -0.3 is 0 Å². The number of hydrogen-bond donors (Lipinski definition) is 0. The Balaban J connectivity index is 3.03. The summed E-state index contributed by atoms with van der Waals surface area (Å²) in [7, 11) is -4.90. The highest BCUT2D eigenvalue weighted by Crippen LogP contribution is 2.21. The molecule has 0 bridgehead atoms. The van der Waals surface area contributed by atoms with Crippen LogP contribution in [0.25, 0.3) is 0 Å². The Labute approximate surface area is 61.9 Å². The van der Waals surface area contributed by atoms with Crippen molar-refractivity contribution in [2.24, 2.45) is 0 Å². The fraction of sp³-hybridized carbons (Fsp3) is 0. The molecule has 0 saturated heterocycles. The molecule has 0 N–H and O–H groups in total. The van der Waals surface area contributed by atoms with E-state index in [-0.39, 0.29) is 11.4 Å². The van der Waals surface area contributed by atoms with Crippen molar-refractivity contribution in [3.63, 3.8) is 0 Å². The van der Waals surface area contributed by atoms with Gasteiger partial charge in [0.15, 0.2) is 0 Å². The number of allylic oxidation sites excluding steroid dienone is 4. The van der Waals surface area contributed by atoms with E-state index in [4.69, 9.17) is 0 Å². The lowest BCUT2D eigenvalue weighted by Crippen LogP contribution is -2.16. The van der Waals surface area contributed by atoms with Gasteiger partial charge in [0.1, 0.15) is 11.7 Å². The van der Waals surface area contributed by atoms with Gasteiger partial charge in [-0.1, -0.05) is 0 Å². The summed E-state index contributed by atoms with van der Waals surface area (Å²) < 4.78 is 49.3. The van der Waals surface area contributed by atoms with Crippen molar-refractivity contribution in [3.05, 3.63) is 35.2 Å². The number of rotatable bonds is 0. The van der Waals surface area contributed by atoms with Crippen LogP contribution in [-0.2, 0) is 0 Å². The van der Waals surface area contributed by atoms with E-state index in [2.05, 4.69) is 0 Å². The quantitative estimate of drug-likeness (QED) is 0.305. The monoisotopic (exact) mass is 180 g/mol. The van der Waals surface area contributed by atoms with Crippen molar-refractivity contribution in [1.29, 1.82) is 0 Å². The van der Waals surface area contributed by atoms with Crippen molar-refractivity contribution in [3.8, 4) is 0 Å². The Morgan fingerprint density at radius 2 is 1.27 bits per heavy atom. The van der Waals surface area contributed by atoms with E-state index in [1.807, 2.05) is 0 Å². The van der Waals surface area contributed by atoms with Gasteiger partial charge in [0.25, 0.3) is 0 Å². The summed E-state index contributed by atoms with van der Waals surface area (Å²) in [6, 6.07) is 0. The Morgan fingerprint density at radius 1 is 0.909 bits per heavy atom. The topological polar surface area (TPSA) is 0 Å². The van der Waals surface area contributed by atoms with Crippen LogP contribution in [0, 0.1) is 0 Å². The van der Waals surface area contributed by atoms with Gasteiger partial charge in [-0.05, 0) is 12.2 Å². The molecule has 0 spiro atoms. The van der Waals surface area contributed by atoms with Crippen LogP contribution >= 0.6 is 0 Å². The second-order valence-electron chi connectivity index (χ2n) is 2.07. The lowest BCUT2D eigenvalue weighted by molar-refractivity contribution is 0.625. The smallest absolute Gasteiger partial charge is 0.261 e. The van der Waals surface area contributed by atoms with Crippen molar-refractivity contribution in [2.45, 2.75) is 0 Å². The third-order valence-electron chi connectivity index (χ3n) is 1.06. The normalized spacial score (nSPS) is 22.2. The standard InChI is InChI=1S/C6H4F4Si/c7-5-1-2-6(8)4-11(9,10)3-5/h1-4H. The largest absolute Gasteiger partial charge is 0.479 e. The zero-order chi connectivity index (χ0) is 8.48. The highest BCUT2D eigenvalue weighted by molar-refractivity contribution is 6.76. The second-order valence-corrected chi connectivity index (χ2v) is 3.99. The second kappa shape index (κ2) is 2.65. The first-order valence-corrected chi connectivity index (χ1v) is 4.73. The number of halogens is 4. The molecule has 0 aromatic carbocycles. The molecule has 5 heteroatoms. The van der Waals surface area contributed by atoms with Gasteiger partial charge >= 0.3 is 8.74 Å². The van der Waals surface area contributed by atoms with E-state index >= 15 is 0 Å². The van der Waals surface area contributed by atoms with Crippen LogP contribution in [0.2, 0.25) is 0 Å². The van der Waals surface area contributed by atoms with Crippen LogP contribution in [0.4, 0.5) is 17.0 Å². The fourth-order valence-electron chi connectivity index (χ4n) is 0.665. The molecule has 1 heterocycles. The van der Waals surface area contributed by atoms with Crippen LogP contribution in [0.5, 0.6) is 0 Å². The summed E-state index contributed by atoms with van der Waals surface area (Å²) >= 11 is 0. The molecule has 0 radical (unpaired) electrons. The average molecular weight is 180 g/mol. The molecule has 0 atom stereocenters. The molecule has 0 aromatic rings. The average Bonchev–Trinajstić information content (AvgIpc) is 1.89. The zero-order valence-electron chi connectivity index (χ0n) is 5.32. The summed E-state index contributed by atoms with van der Waals surface area (Å²) in [6.45, 7) is 0. The molecule has 11 heavy (non-hydrogen) atoms. The molecule has 0 unspecified atom stereocenters. The molecule has 0 aromatic heterocycles. The number of hydrogen-bond acceptors (Lipinski definition) is 0. The molecule has 0 nitrogen and oxygen atoms in total. The third-order valence-corrected chi connectivity index (χ3v) is 2.38. The predicted molar refractivity (Wildman–Crippen MR) is 35.5 cm³/mol. The molecule has 0 fully saturated rings. The molecule has 1 aliphatic rings. The van der Waals surface area contributed by atoms with Gasteiger partial charge in [0.2, 0.25) is 0 Å². The van der Waals surface area contributed by atoms with Crippen LogP contribution < -0.4 is 0 Å². The highest BCUT2D eigenvalue weighted by atomic mass is 28.4. The molecular formula is C6H4F4Si. The van der Waals surface area contributed by atoms with Crippen molar-refractivity contribution in [2.75, 3.05) is 0 Å². The summed E-state index contributed by atoms with van der Waals surface area (Å²) in [6.07, 6.45) is 1.36. The molecule has 1 aliphatic heterocycles. The minimum atomic E-state index is -4.90. The minimum absolute atomic E-state index is 0.191. The Hall–Kier alpha value is -0.843. The summed E-state index contributed by atoms with van der Waals surface area (Å²) in [4.78, 5) is 0. The van der Waals surface area contributed by atoms with E-state index in [1.165, 1.54) is 0 Å². The van der Waals surface area contributed by atoms with Gasteiger partial charge in [0.05, 0.1) is 0 Å². The fourth-order valence-corrected chi connectivity index (χ4v) is 1.68. The van der Waals surface area contributed by atoms with Crippen molar-refractivity contribution < 1.29 is 17.0 Å². The maximum atomic E-state index is 12.4. The van der Waals surface area contributed by atoms with Gasteiger partial charge in [-0.3, -0.25) is 8.22 Å². The Morgan fingerprint density at radius 3 is 1.64 bits per heavy atom. The lowest BCUT2D eigenvalue weighted by atomic mass is 10.4. The van der Waals surface area contributed by atoms with Crippen molar-refractivity contribution in [1.82, 2.24) is 0 Å². The summed E-state index contributed by atoms with van der Waals surface area (Å²) in [5, 5.41) is 0. The molecular weight excluding hydrogens is 176 g/mol. The molecule has 60 valence electrons. The Bertz CT molecular complexity index is 227. The van der Waals surface area contributed by atoms with Gasteiger partial charge in [-0.25, -0.2) is 8.78 Å². The van der Waals surface area contributed by atoms with Crippen LogP contribution in [-0.4, -0.2) is 8.74 Å². The lowest BCUT2D eigenvalue weighted by Gasteiger charge is -1.98. The molecule has 0 saturated carbocycles. The molecule has 0 amide bonds. The summed E-state index contributed by atoms with van der Waals surface area (Å²) in [5.41, 5.74) is 0.381. The van der Waals surface area contributed by atoms with Crippen LogP contribution in [0.15, 0.2) is 35.2 Å². The SMILES string of the molecule is FC1=C[Si](F)(F)C=C(F)C=C1. The van der Waals surface area contributed by atoms with Gasteiger partial charge in [0, 0.05) is 11.4 Å². The van der Waals surface area contributed by atoms with E-state index in [9.17, 15) is 17.0 Å². The van der Waals surface area contributed by atoms with Crippen LogP contribution in [0.1, 0.15) is 0 Å². The first-order chi connectivity index (χ1) is 4.99. The maximum absolute atomic E-state index is 12.4. The van der Waals surface area contributed by atoms with Crippen LogP contribution in [0.3, 0.4) is 0 Å². The predicted octanol–water partition coefficient (Wildman–Crippen LogP) is 2.72. The first kappa shape index (κ1) is 8.26. The minimum Gasteiger partial charge on any atom is -0.261 e. The third kappa shape index (κ3) is 2.34. The first-order valence-electron chi connectivity index (χ1n) is 2.82. The Kier molecular flexibility index (Phi) is 1.99. The summed E-state index contributed by atoms with van der Waals surface area (Å²) in [5.74, 6) is -2.16. The van der Waals surface area contributed by atoms with Gasteiger partial charge in [-0.15, -0.1) is 0 Å². The van der Waals surface area contributed by atoms with E-state index in [1.54, 1.807) is 0 Å². The van der Waals surface area contributed by atoms with Gasteiger partial charge in [-0.2, -0.15) is 0 Å². The maximum Gasteiger partial charge on any atom is 0.479 e. The zero-order valence-corrected chi connectivity index (χ0v) is 6.32.